The van der Waals surface area contributed by atoms with Gasteiger partial charge in [-0.25, -0.2) is 0 Å². The molecule has 1 heteroatoms. The molecule has 0 atom stereocenters. The zero-order valence-electron chi connectivity index (χ0n) is 5.92. The number of hydrogen-bond donors (Lipinski definition) is 0. The van der Waals surface area contributed by atoms with Crippen LogP contribution < -0.4 is 0 Å². The minimum absolute atomic E-state index is 1.12. The molecule has 0 amide bonds. The van der Waals surface area contributed by atoms with E-state index in [1.807, 2.05) is 6.07 Å². The lowest BCUT2D eigenvalue weighted by Gasteiger charge is -1.96. The first-order valence-electron chi connectivity index (χ1n) is 3.34. The van der Waals surface area contributed by atoms with Crippen molar-refractivity contribution >= 4 is 11.8 Å². The van der Waals surface area contributed by atoms with Gasteiger partial charge in [-0.3, -0.25) is 0 Å². The van der Waals surface area contributed by atoms with Crippen LogP contribution in [0.5, 0.6) is 0 Å². The minimum Gasteiger partial charge on any atom is -0.161 e. The van der Waals surface area contributed by atoms with Gasteiger partial charge < -0.3 is 0 Å². The summed E-state index contributed by atoms with van der Waals surface area (Å²) in [6.07, 6.45) is 4.85. The summed E-state index contributed by atoms with van der Waals surface area (Å²) < 4.78 is 0. The molecule has 1 aromatic rings. The SMILES string of the molecule is [CH2]SCCc1ccccc1. The van der Waals surface area contributed by atoms with Gasteiger partial charge in [-0.1, -0.05) is 30.3 Å². The maximum absolute atomic E-state index is 3.72. The van der Waals surface area contributed by atoms with Crippen LogP contribution in [0.15, 0.2) is 30.3 Å². The first kappa shape index (κ1) is 7.67. The summed E-state index contributed by atoms with van der Waals surface area (Å²) in [5.41, 5.74) is 1.40. The lowest BCUT2D eigenvalue weighted by atomic mass is 10.2. The second-order valence-electron chi connectivity index (χ2n) is 2.14. The topological polar surface area (TPSA) is 0 Å². The first-order chi connectivity index (χ1) is 4.93. The molecule has 10 heavy (non-hydrogen) atoms. The summed E-state index contributed by atoms with van der Waals surface area (Å²) in [7, 11) is 0. The molecule has 0 saturated heterocycles. The highest BCUT2D eigenvalue weighted by molar-refractivity contribution is 8.00. The van der Waals surface area contributed by atoms with E-state index in [0.29, 0.717) is 0 Å². The third-order valence-corrected chi connectivity index (χ3v) is 1.87. The van der Waals surface area contributed by atoms with Crippen molar-refractivity contribution in [2.24, 2.45) is 0 Å². The number of hydrogen-bond acceptors (Lipinski definition) is 1. The van der Waals surface area contributed by atoms with Gasteiger partial charge in [0.15, 0.2) is 0 Å². The Morgan fingerprint density at radius 3 is 2.50 bits per heavy atom. The fourth-order valence-electron chi connectivity index (χ4n) is 0.835. The first-order valence-corrected chi connectivity index (χ1v) is 4.50. The van der Waals surface area contributed by atoms with E-state index in [4.69, 9.17) is 0 Å². The van der Waals surface area contributed by atoms with Crippen LogP contribution in [-0.2, 0) is 6.42 Å². The van der Waals surface area contributed by atoms with Crippen LogP contribution in [0.4, 0.5) is 0 Å². The number of aryl methyl sites for hydroxylation is 1. The van der Waals surface area contributed by atoms with Crippen molar-refractivity contribution in [3.63, 3.8) is 0 Å². The van der Waals surface area contributed by atoms with E-state index >= 15 is 0 Å². The Bertz CT molecular complexity index is 169. The zero-order chi connectivity index (χ0) is 7.23. The molecule has 0 spiro atoms. The highest BCUT2D eigenvalue weighted by Crippen LogP contribution is 2.04. The largest absolute Gasteiger partial charge is 0.161 e. The smallest absolute Gasteiger partial charge is 0.00237 e. The molecular weight excluding hydrogens is 140 g/mol. The van der Waals surface area contributed by atoms with Crippen LogP contribution >= 0.6 is 11.8 Å². The number of benzene rings is 1. The molecule has 0 fully saturated rings. The monoisotopic (exact) mass is 151 g/mol. The van der Waals surface area contributed by atoms with Crippen molar-refractivity contribution in [1.82, 2.24) is 0 Å². The van der Waals surface area contributed by atoms with Crippen LogP contribution in [0.25, 0.3) is 0 Å². The highest BCUT2D eigenvalue weighted by Gasteiger charge is 1.87. The van der Waals surface area contributed by atoms with E-state index < -0.39 is 0 Å². The van der Waals surface area contributed by atoms with Crippen molar-refractivity contribution in [2.45, 2.75) is 6.42 Å². The van der Waals surface area contributed by atoms with Crippen LogP contribution in [0.1, 0.15) is 5.56 Å². The summed E-state index contributed by atoms with van der Waals surface area (Å²) in [5.74, 6) is 1.12. The van der Waals surface area contributed by atoms with Gasteiger partial charge in [-0.15, -0.1) is 0 Å². The average Bonchev–Trinajstić information content (AvgIpc) is 2.03. The summed E-state index contributed by atoms with van der Waals surface area (Å²) in [5, 5.41) is 0. The van der Waals surface area contributed by atoms with E-state index in [-0.39, 0.29) is 0 Å². The van der Waals surface area contributed by atoms with Crippen molar-refractivity contribution in [3.05, 3.63) is 42.2 Å². The van der Waals surface area contributed by atoms with E-state index in [1.54, 1.807) is 11.8 Å². The molecule has 0 aliphatic heterocycles. The molecule has 0 saturated carbocycles. The molecule has 0 heterocycles. The Labute approximate surface area is 66.6 Å². The van der Waals surface area contributed by atoms with E-state index in [9.17, 15) is 0 Å². The second kappa shape index (κ2) is 4.40. The molecular formula is C9H11S. The fraction of sp³-hybridized carbons (Fsp3) is 0.222. The second-order valence-corrected chi connectivity index (χ2v) is 2.96. The summed E-state index contributed by atoms with van der Waals surface area (Å²) in [6.45, 7) is 0. The molecule has 0 bridgehead atoms. The quantitative estimate of drug-likeness (QED) is 0.640. The van der Waals surface area contributed by atoms with Gasteiger partial charge in [0.05, 0.1) is 0 Å². The summed E-state index contributed by atoms with van der Waals surface area (Å²) in [6, 6.07) is 10.5. The lowest BCUT2D eigenvalue weighted by molar-refractivity contribution is 1.16. The minimum atomic E-state index is 1.12. The van der Waals surface area contributed by atoms with E-state index in [1.165, 1.54) is 5.56 Å². The summed E-state index contributed by atoms with van der Waals surface area (Å²) >= 11 is 1.65. The van der Waals surface area contributed by atoms with Gasteiger partial charge >= 0.3 is 0 Å². The maximum Gasteiger partial charge on any atom is 0.00237 e. The van der Waals surface area contributed by atoms with Crippen LogP contribution in [-0.4, -0.2) is 5.75 Å². The van der Waals surface area contributed by atoms with Gasteiger partial charge in [0, 0.05) is 6.26 Å². The van der Waals surface area contributed by atoms with Gasteiger partial charge in [-0.05, 0) is 17.7 Å². The normalized spacial score (nSPS) is 9.70. The molecule has 1 rings (SSSR count). The molecule has 0 aliphatic carbocycles. The highest BCUT2D eigenvalue weighted by atomic mass is 32.2. The maximum atomic E-state index is 3.72. The molecule has 53 valence electrons. The van der Waals surface area contributed by atoms with Crippen molar-refractivity contribution in [3.8, 4) is 0 Å². The number of rotatable bonds is 3. The third kappa shape index (κ3) is 2.44. The van der Waals surface area contributed by atoms with Gasteiger partial charge in [-0.2, -0.15) is 11.8 Å². The molecule has 1 radical (unpaired) electrons. The van der Waals surface area contributed by atoms with E-state index in [2.05, 4.69) is 30.5 Å². The molecule has 1 aromatic carbocycles. The summed E-state index contributed by atoms with van der Waals surface area (Å²) in [4.78, 5) is 0. The Morgan fingerprint density at radius 2 is 1.90 bits per heavy atom. The molecule has 0 unspecified atom stereocenters. The van der Waals surface area contributed by atoms with E-state index in [0.717, 1.165) is 12.2 Å². The van der Waals surface area contributed by atoms with Crippen LogP contribution in [0.3, 0.4) is 0 Å². The van der Waals surface area contributed by atoms with Gasteiger partial charge in [0.1, 0.15) is 0 Å². The number of thioether (sulfide) groups is 1. The molecule has 0 aromatic heterocycles. The molecule has 0 aliphatic rings. The molecule has 0 nitrogen and oxygen atoms in total. The Kier molecular flexibility index (Phi) is 3.37. The van der Waals surface area contributed by atoms with Crippen LogP contribution in [0.2, 0.25) is 0 Å². The predicted molar refractivity (Wildman–Crippen MR) is 48.0 cm³/mol. The Hall–Kier alpha value is -0.430. The van der Waals surface area contributed by atoms with Crippen LogP contribution in [0, 0.1) is 6.26 Å². The van der Waals surface area contributed by atoms with Gasteiger partial charge in [0.25, 0.3) is 0 Å². The predicted octanol–water partition coefficient (Wildman–Crippen LogP) is 2.75. The Balaban J connectivity index is 2.43. The average molecular weight is 151 g/mol. The van der Waals surface area contributed by atoms with Gasteiger partial charge in [0.2, 0.25) is 0 Å². The standard InChI is InChI=1S/C9H11S/c1-10-8-7-9-5-3-2-4-6-9/h2-6H,1,7-8H2. The van der Waals surface area contributed by atoms with Crippen molar-refractivity contribution in [2.75, 3.05) is 5.75 Å². The van der Waals surface area contributed by atoms with Crippen molar-refractivity contribution in [1.29, 1.82) is 0 Å². The lowest BCUT2D eigenvalue weighted by Crippen LogP contribution is -1.84. The van der Waals surface area contributed by atoms with Crippen molar-refractivity contribution < 1.29 is 0 Å². The third-order valence-electron chi connectivity index (χ3n) is 1.38. The Morgan fingerprint density at radius 1 is 1.20 bits per heavy atom. The fourth-order valence-corrected chi connectivity index (χ4v) is 1.21. The molecule has 0 N–H and O–H groups in total. The zero-order valence-corrected chi connectivity index (χ0v) is 6.73.